The Kier molecular flexibility index (Phi) is 6.21. The van der Waals surface area contributed by atoms with Crippen molar-refractivity contribution in [2.45, 2.75) is 32.1 Å². The van der Waals surface area contributed by atoms with Crippen LogP contribution in [0.25, 0.3) is 11.3 Å². The van der Waals surface area contributed by atoms with Crippen LogP contribution in [0.2, 0.25) is 0 Å². The fourth-order valence-electron chi connectivity index (χ4n) is 3.54. The summed E-state index contributed by atoms with van der Waals surface area (Å²) in [5.74, 6) is 2.05. The van der Waals surface area contributed by atoms with Gasteiger partial charge >= 0.3 is 0 Å². The number of methoxy groups -OCH3 is 3. The van der Waals surface area contributed by atoms with Crippen molar-refractivity contribution in [3.05, 3.63) is 23.9 Å². The topological polar surface area (TPSA) is 85.5 Å². The van der Waals surface area contributed by atoms with E-state index in [2.05, 4.69) is 15.5 Å². The van der Waals surface area contributed by atoms with Gasteiger partial charge in [0.1, 0.15) is 5.69 Å². The van der Waals surface area contributed by atoms with Crippen LogP contribution in [0.15, 0.2) is 18.2 Å². The third-order valence-corrected chi connectivity index (χ3v) is 5.06. The number of carbonyl (C=O) groups is 1. The molecule has 7 heteroatoms. The maximum absolute atomic E-state index is 12.4. The van der Waals surface area contributed by atoms with Crippen LogP contribution in [-0.4, -0.2) is 44.0 Å². The van der Waals surface area contributed by atoms with Gasteiger partial charge in [0.15, 0.2) is 11.5 Å². The van der Waals surface area contributed by atoms with Gasteiger partial charge in [-0.25, -0.2) is 0 Å². The number of H-pyrrole nitrogens is 1. The molecule has 1 amide bonds. The number of hydrogen-bond donors (Lipinski definition) is 2. The molecule has 0 spiro atoms. The predicted octanol–water partition coefficient (Wildman–Crippen LogP) is 3.41. The third kappa shape index (κ3) is 4.35. The van der Waals surface area contributed by atoms with Crippen molar-refractivity contribution in [3.63, 3.8) is 0 Å². The van der Waals surface area contributed by atoms with E-state index < -0.39 is 0 Å². The van der Waals surface area contributed by atoms with Gasteiger partial charge in [-0.05, 0) is 37.0 Å². The van der Waals surface area contributed by atoms with Crippen LogP contribution >= 0.6 is 0 Å². The molecule has 0 aliphatic heterocycles. The SMILES string of the molecule is COc1cc(-c2cc(C(=O)NCC3CCCCC3)[nH]n2)cc(OC)c1OC. The third-order valence-electron chi connectivity index (χ3n) is 5.06. The van der Waals surface area contributed by atoms with Gasteiger partial charge in [-0.15, -0.1) is 0 Å². The number of nitrogens with one attached hydrogen (secondary N) is 2. The van der Waals surface area contributed by atoms with E-state index in [0.717, 1.165) is 12.1 Å². The number of aromatic nitrogens is 2. The average Bonchev–Trinajstić information content (AvgIpc) is 3.22. The van der Waals surface area contributed by atoms with Gasteiger partial charge in [0.2, 0.25) is 5.75 Å². The summed E-state index contributed by atoms with van der Waals surface area (Å²) < 4.78 is 16.1. The molecule has 0 unspecified atom stereocenters. The van der Waals surface area contributed by atoms with E-state index in [9.17, 15) is 4.79 Å². The molecule has 3 rings (SSSR count). The van der Waals surface area contributed by atoms with E-state index in [1.807, 2.05) is 0 Å². The summed E-state index contributed by atoms with van der Waals surface area (Å²) in [5, 5.41) is 10.1. The first-order chi connectivity index (χ1) is 13.2. The Morgan fingerprint density at radius 3 is 2.33 bits per heavy atom. The first-order valence-corrected chi connectivity index (χ1v) is 9.30. The lowest BCUT2D eigenvalue weighted by atomic mass is 9.89. The van der Waals surface area contributed by atoms with E-state index in [1.54, 1.807) is 39.5 Å². The second kappa shape index (κ2) is 8.79. The zero-order valence-corrected chi connectivity index (χ0v) is 16.1. The molecule has 1 aliphatic rings. The van der Waals surface area contributed by atoms with Gasteiger partial charge in [-0.2, -0.15) is 5.10 Å². The molecule has 7 nitrogen and oxygen atoms in total. The number of nitrogens with zero attached hydrogens (tertiary/aromatic N) is 1. The largest absolute Gasteiger partial charge is 0.493 e. The number of rotatable bonds is 7. The molecule has 0 atom stereocenters. The molecule has 1 aliphatic carbocycles. The van der Waals surface area contributed by atoms with E-state index in [4.69, 9.17) is 14.2 Å². The lowest BCUT2D eigenvalue weighted by Gasteiger charge is -2.21. The molecule has 0 saturated heterocycles. The molecule has 1 fully saturated rings. The summed E-state index contributed by atoms with van der Waals surface area (Å²) in [4.78, 5) is 12.4. The minimum Gasteiger partial charge on any atom is -0.493 e. The van der Waals surface area contributed by atoms with Crippen LogP contribution in [0, 0.1) is 5.92 Å². The number of amides is 1. The Bertz CT molecular complexity index is 756. The molecule has 1 heterocycles. The quantitative estimate of drug-likeness (QED) is 0.777. The van der Waals surface area contributed by atoms with Crippen molar-refractivity contribution in [3.8, 4) is 28.5 Å². The van der Waals surface area contributed by atoms with Crippen LogP contribution in [0.5, 0.6) is 17.2 Å². The van der Waals surface area contributed by atoms with Crippen LogP contribution in [0.4, 0.5) is 0 Å². The normalized spacial score (nSPS) is 14.6. The van der Waals surface area contributed by atoms with Gasteiger partial charge in [-0.1, -0.05) is 19.3 Å². The zero-order chi connectivity index (χ0) is 19.2. The highest BCUT2D eigenvalue weighted by molar-refractivity contribution is 5.93. The zero-order valence-electron chi connectivity index (χ0n) is 16.1. The Morgan fingerprint density at radius 1 is 1.07 bits per heavy atom. The second-order valence-corrected chi connectivity index (χ2v) is 6.79. The van der Waals surface area contributed by atoms with E-state index in [0.29, 0.717) is 34.6 Å². The van der Waals surface area contributed by atoms with Crippen molar-refractivity contribution >= 4 is 5.91 Å². The molecule has 0 radical (unpaired) electrons. The van der Waals surface area contributed by atoms with E-state index in [1.165, 1.54) is 32.1 Å². The highest BCUT2D eigenvalue weighted by atomic mass is 16.5. The smallest absolute Gasteiger partial charge is 0.269 e. The maximum atomic E-state index is 12.4. The van der Waals surface area contributed by atoms with Gasteiger partial charge in [0.05, 0.1) is 27.0 Å². The fraction of sp³-hybridized carbons (Fsp3) is 0.500. The lowest BCUT2D eigenvalue weighted by molar-refractivity contribution is 0.0938. The molecular formula is C20H27N3O4. The molecule has 146 valence electrons. The molecule has 1 aromatic carbocycles. The molecular weight excluding hydrogens is 346 g/mol. The van der Waals surface area contributed by atoms with Crippen molar-refractivity contribution in [1.29, 1.82) is 0 Å². The van der Waals surface area contributed by atoms with Gasteiger partial charge in [0.25, 0.3) is 5.91 Å². The molecule has 2 N–H and O–H groups in total. The summed E-state index contributed by atoms with van der Waals surface area (Å²) in [5.41, 5.74) is 1.85. The fourth-order valence-corrected chi connectivity index (χ4v) is 3.54. The lowest BCUT2D eigenvalue weighted by Crippen LogP contribution is -2.30. The number of aromatic amines is 1. The second-order valence-electron chi connectivity index (χ2n) is 6.79. The van der Waals surface area contributed by atoms with Crippen molar-refractivity contribution in [1.82, 2.24) is 15.5 Å². The average molecular weight is 373 g/mol. The summed E-state index contributed by atoms with van der Waals surface area (Å²) in [7, 11) is 4.69. The molecule has 2 aromatic rings. The highest BCUT2D eigenvalue weighted by Crippen LogP contribution is 2.40. The van der Waals surface area contributed by atoms with Crippen LogP contribution < -0.4 is 19.5 Å². The van der Waals surface area contributed by atoms with Gasteiger partial charge in [0, 0.05) is 12.1 Å². The van der Waals surface area contributed by atoms with E-state index in [-0.39, 0.29) is 5.91 Å². The maximum Gasteiger partial charge on any atom is 0.269 e. The summed E-state index contributed by atoms with van der Waals surface area (Å²) >= 11 is 0. The predicted molar refractivity (Wildman–Crippen MR) is 103 cm³/mol. The monoisotopic (exact) mass is 373 g/mol. The first-order valence-electron chi connectivity index (χ1n) is 9.30. The number of carbonyl (C=O) groups excluding carboxylic acids is 1. The van der Waals surface area contributed by atoms with Crippen molar-refractivity contribution in [2.75, 3.05) is 27.9 Å². The molecule has 0 bridgehead atoms. The molecule has 27 heavy (non-hydrogen) atoms. The standard InChI is InChI=1S/C20H27N3O4/c1-25-17-9-14(10-18(26-2)19(17)27-3)15-11-16(23-22-15)20(24)21-12-13-7-5-4-6-8-13/h9-11,13H,4-8,12H2,1-3H3,(H,21,24)(H,22,23). The Balaban J connectivity index is 1.73. The molecule has 1 aromatic heterocycles. The van der Waals surface area contributed by atoms with Gasteiger partial charge < -0.3 is 19.5 Å². The number of ether oxygens (including phenoxy) is 3. The van der Waals surface area contributed by atoms with E-state index >= 15 is 0 Å². The summed E-state index contributed by atoms with van der Waals surface area (Å²) in [6, 6.07) is 5.35. The number of hydrogen-bond acceptors (Lipinski definition) is 5. The van der Waals surface area contributed by atoms with Crippen molar-refractivity contribution in [2.24, 2.45) is 5.92 Å². The number of benzene rings is 1. The van der Waals surface area contributed by atoms with Crippen LogP contribution in [0.1, 0.15) is 42.6 Å². The Labute approximate surface area is 159 Å². The van der Waals surface area contributed by atoms with Crippen LogP contribution in [0.3, 0.4) is 0 Å². The van der Waals surface area contributed by atoms with Gasteiger partial charge in [-0.3, -0.25) is 9.89 Å². The highest BCUT2D eigenvalue weighted by Gasteiger charge is 2.18. The summed E-state index contributed by atoms with van der Waals surface area (Å²) in [6.07, 6.45) is 6.22. The first kappa shape index (κ1) is 19.1. The Morgan fingerprint density at radius 2 is 1.74 bits per heavy atom. The molecule has 1 saturated carbocycles. The minimum absolute atomic E-state index is 0.133. The Hall–Kier alpha value is -2.70. The summed E-state index contributed by atoms with van der Waals surface area (Å²) in [6.45, 7) is 0.720. The van der Waals surface area contributed by atoms with Crippen molar-refractivity contribution < 1.29 is 19.0 Å². The van der Waals surface area contributed by atoms with Crippen LogP contribution in [-0.2, 0) is 0 Å². The minimum atomic E-state index is -0.133.